The van der Waals surface area contributed by atoms with Crippen LogP contribution in [0.3, 0.4) is 0 Å². The molecule has 0 aliphatic rings. The number of hydrogen-bond acceptors (Lipinski definition) is 6. The van der Waals surface area contributed by atoms with Crippen LogP contribution in [-0.2, 0) is 4.74 Å². The topological polar surface area (TPSA) is 98.8 Å². The zero-order valence-corrected chi connectivity index (χ0v) is 16.8. The molecule has 9 heteroatoms. The Labute approximate surface area is 166 Å². The van der Waals surface area contributed by atoms with E-state index in [2.05, 4.69) is 10.3 Å². The zero-order valence-electron chi connectivity index (χ0n) is 16.0. The van der Waals surface area contributed by atoms with Gasteiger partial charge in [-0.3, -0.25) is 19.3 Å². The molecule has 2 heterocycles. The quantitative estimate of drug-likeness (QED) is 0.351. The Bertz CT molecular complexity index is 1010. The van der Waals surface area contributed by atoms with Crippen LogP contribution in [0.5, 0.6) is 0 Å². The number of hydrogen-bond donors (Lipinski definition) is 1. The van der Waals surface area contributed by atoms with Gasteiger partial charge in [0.2, 0.25) is 0 Å². The van der Waals surface area contributed by atoms with Crippen LogP contribution >= 0.6 is 11.3 Å². The Morgan fingerprint density at radius 2 is 2.21 bits per heavy atom. The van der Waals surface area contributed by atoms with Gasteiger partial charge in [0.25, 0.3) is 11.6 Å². The summed E-state index contributed by atoms with van der Waals surface area (Å²) in [6.45, 7) is 6.97. The molecule has 1 aromatic carbocycles. The first-order chi connectivity index (χ1) is 13.4. The Morgan fingerprint density at radius 3 is 2.89 bits per heavy atom. The van der Waals surface area contributed by atoms with E-state index in [1.807, 2.05) is 25.2 Å². The van der Waals surface area contributed by atoms with Crippen molar-refractivity contribution in [3.8, 4) is 11.3 Å². The summed E-state index contributed by atoms with van der Waals surface area (Å²) in [4.78, 5) is 28.8. The summed E-state index contributed by atoms with van der Waals surface area (Å²) in [5, 5.41) is 13.9. The normalized spacial score (nSPS) is 11.3. The van der Waals surface area contributed by atoms with Crippen LogP contribution in [0, 0.1) is 17.0 Å². The van der Waals surface area contributed by atoms with E-state index < -0.39 is 4.92 Å². The third-order valence-corrected chi connectivity index (χ3v) is 5.33. The Hall–Kier alpha value is -2.78. The number of imidazole rings is 1. The number of nitrogens with zero attached hydrogens (tertiary/aromatic N) is 3. The molecule has 3 rings (SSSR count). The molecule has 0 saturated heterocycles. The second-order valence-electron chi connectivity index (χ2n) is 6.63. The molecule has 0 radical (unpaired) electrons. The molecule has 0 saturated carbocycles. The van der Waals surface area contributed by atoms with Crippen molar-refractivity contribution in [2.45, 2.75) is 33.3 Å². The maximum absolute atomic E-state index is 12.4. The number of rotatable bonds is 8. The maximum atomic E-state index is 12.4. The third kappa shape index (κ3) is 4.37. The summed E-state index contributed by atoms with van der Waals surface area (Å²) < 4.78 is 7.31. The average molecular weight is 402 g/mol. The van der Waals surface area contributed by atoms with E-state index in [9.17, 15) is 14.9 Å². The van der Waals surface area contributed by atoms with Crippen LogP contribution in [0.4, 0.5) is 5.69 Å². The van der Waals surface area contributed by atoms with Crippen LogP contribution in [-0.4, -0.2) is 39.5 Å². The highest BCUT2D eigenvalue weighted by atomic mass is 32.1. The van der Waals surface area contributed by atoms with Crippen LogP contribution < -0.4 is 5.32 Å². The van der Waals surface area contributed by atoms with Gasteiger partial charge in [0.05, 0.1) is 16.7 Å². The lowest BCUT2D eigenvalue weighted by atomic mass is 10.1. The SMILES string of the molecule is Cc1c(C(=O)NCCCOC(C)C)sc2nc(-c3cccc([N+](=O)[O-])c3)cn12. The minimum absolute atomic E-state index is 0.0205. The number of carbonyl (C=O) groups is 1. The van der Waals surface area contributed by atoms with Crippen molar-refractivity contribution in [1.82, 2.24) is 14.7 Å². The molecule has 0 spiro atoms. The molecule has 0 aliphatic heterocycles. The van der Waals surface area contributed by atoms with Crippen LogP contribution in [0.15, 0.2) is 30.5 Å². The Morgan fingerprint density at radius 1 is 1.43 bits per heavy atom. The highest BCUT2D eigenvalue weighted by molar-refractivity contribution is 7.19. The number of aryl methyl sites for hydroxylation is 1. The molecular formula is C19H22N4O4S. The molecule has 8 nitrogen and oxygen atoms in total. The van der Waals surface area contributed by atoms with E-state index in [-0.39, 0.29) is 17.7 Å². The smallest absolute Gasteiger partial charge is 0.270 e. The van der Waals surface area contributed by atoms with E-state index in [1.54, 1.807) is 18.3 Å². The summed E-state index contributed by atoms with van der Waals surface area (Å²) in [7, 11) is 0. The van der Waals surface area contributed by atoms with Crippen molar-refractivity contribution in [2.24, 2.45) is 0 Å². The average Bonchev–Trinajstić information content (AvgIpc) is 3.21. The summed E-state index contributed by atoms with van der Waals surface area (Å²) in [5.41, 5.74) is 2.11. The first-order valence-corrected chi connectivity index (χ1v) is 9.81. The van der Waals surface area contributed by atoms with E-state index in [4.69, 9.17) is 4.74 Å². The molecule has 1 amide bonds. The highest BCUT2D eigenvalue weighted by Gasteiger charge is 2.18. The van der Waals surface area contributed by atoms with E-state index in [1.165, 1.54) is 23.5 Å². The van der Waals surface area contributed by atoms with Crippen molar-refractivity contribution < 1.29 is 14.5 Å². The fourth-order valence-corrected chi connectivity index (χ4v) is 3.78. The molecular weight excluding hydrogens is 380 g/mol. The van der Waals surface area contributed by atoms with Gasteiger partial charge in [-0.2, -0.15) is 0 Å². The summed E-state index contributed by atoms with van der Waals surface area (Å²) in [6.07, 6.45) is 2.74. The number of nitro benzene ring substituents is 1. The fourth-order valence-electron chi connectivity index (χ4n) is 2.75. The summed E-state index contributed by atoms with van der Waals surface area (Å²) in [5.74, 6) is -0.130. The summed E-state index contributed by atoms with van der Waals surface area (Å²) in [6, 6.07) is 6.35. The minimum atomic E-state index is -0.429. The van der Waals surface area contributed by atoms with Gasteiger partial charge in [0, 0.05) is 42.7 Å². The molecule has 148 valence electrons. The number of nitro groups is 1. The van der Waals surface area contributed by atoms with E-state index >= 15 is 0 Å². The molecule has 28 heavy (non-hydrogen) atoms. The lowest BCUT2D eigenvalue weighted by molar-refractivity contribution is -0.384. The predicted molar refractivity (Wildman–Crippen MR) is 108 cm³/mol. The number of non-ortho nitro benzene ring substituents is 1. The number of carbonyl (C=O) groups excluding carboxylic acids is 1. The predicted octanol–water partition coefficient (Wildman–Crippen LogP) is 3.82. The first-order valence-electron chi connectivity index (χ1n) is 9.00. The molecule has 0 fully saturated rings. The van der Waals surface area contributed by atoms with Gasteiger partial charge in [-0.25, -0.2) is 4.98 Å². The largest absolute Gasteiger partial charge is 0.379 e. The molecule has 2 aromatic heterocycles. The van der Waals surface area contributed by atoms with Crippen molar-refractivity contribution in [3.05, 3.63) is 51.1 Å². The number of aromatic nitrogens is 2. The number of nitrogens with one attached hydrogen (secondary N) is 1. The molecule has 1 N–H and O–H groups in total. The summed E-state index contributed by atoms with van der Waals surface area (Å²) >= 11 is 1.30. The number of ether oxygens (including phenoxy) is 1. The first kappa shape index (κ1) is 20.0. The van der Waals surface area contributed by atoms with Crippen LogP contribution in [0.2, 0.25) is 0 Å². The monoisotopic (exact) mass is 402 g/mol. The van der Waals surface area contributed by atoms with Crippen LogP contribution in [0.25, 0.3) is 16.2 Å². The lowest BCUT2D eigenvalue weighted by Gasteiger charge is -2.08. The number of benzene rings is 1. The molecule has 0 aliphatic carbocycles. The second kappa shape index (κ2) is 8.49. The van der Waals surface area contributed by atoms with Gasteiger partial charge in [0.1, 0.15) is 4.88 Å². The van der Waals surface area contributed by atoms with Crippen molar-refractivity contribution in [3.63, 3.8) is 0 Å². The van der Waals surface area contributed by atoms with E-state index in [0.717, 1.165) is 12.1 Å². The lowest BCUT2D eigenvalue weighted by Crippen LogP contribution is -2.25. The van der Waals surface area contributed by atoms with Crippen LogP contribution in [0.1, 0.15) is 35.6 Å². The third-order valence-electron chi connectivity index (χ3n) is 4.17. The fraction of sp³-hybridized carbons (Fsp3) is 0.368. The number of fused-ring (bicyclic) bond motifs is 1. The van der Waals surface area contributed by atoms with Gasteiger partial charge >= 0.3 is 0 Å². The Kier molecular flexibility index (Phi) is 6.05. The number of amides is 1. The zero-order chi connectivity index (χ0) is 20.3. The second-order valence-corrected chi connectivity index (χ2v) is 7.61. The van der Waals surface area contributed by atoms with Gasteiger partial charge in [0.15, 0.2) is 4.96 Å². The van der Waals surface area contributed by atoms with Gasteiger partial charge in [-0.15, -0.1) is 0 Å². The minimum Gasteiger partial charge on any atom is -0.379 e. The standard InChI is InChI=1S/C19H22N4O4S/c1-12(2)27-9-5-8-20-18(24)17-13(3)22-11-16(21-19(22)28-17)14-6-4-7-15(10-14)23(25)26/h4,6-7,10-12H,5,8-9H2,1-3H3,(H,20,24). The van der Waals surface area contributed by atoms with Gasteiger partial charge < -0.3 is 10.1 Å². The highest BCUT2D eigenvalue weighted by Crippen LogP contribution is 2.28. The number of thiazole rings is 1. The van der Waals surface area contributed by atoms with E-state index in [0.29, 0.717) is 34.2 Å². The van der Waals surface area contributed by atoms with Crippen molar-refractivity contribution >= 4 is 27.9 Å². The molecule has 0 bridgehead atoms. The molecule has 3 aromatic rings. The maximum Gasteiger partial charge on any atom is 0.270 e. The van der Waals surface area contributed by atoms with Gasteiger partial charge in [-0.05, 0) is 27.2 Å². The van der Waals surface area contributed by atoms with Gasteiger partial charge in [-0.1, -0.05) is 23.5 Å². The van der Waals surface area contributed by atoms with Crippen molar-refractivity contribution in [2.75, 3.05) is 13.2 Å². The Balaban J connectivity index is 1.73. The molecule has 0 unspecified atom stereocenters. The molecule has 0 atom stereocenters. The van der Waals surface area contributed by atoms with Crippen molar-refractivity contribution in [1.29, 1.82) is 0 Å².